The second kappa shape index (κ2) is 7.59. The third-order valence-corrected chi connectivity index (χ3v) is 6.44. The Labute approximate surface area is 191 Å². The van der Waals surface area contributed by atoms with E-state index >= 15 is 0 Å². The minimum Gasteiger partial charge on any atom is -0.364 e. The summed E-state index contributed by atoms with van der Waals surface area (Å²) in [6.07, 6.45) is 1.54. The molecule has 2 aromatic heterocycles. The summed E-state index contributed by atoms with van der Waals surface area (Å²) in [5, 5.41) is 7.70. The second-order valence-corrected chi connectivity index (χ2v) is 8.94. The van der Waals surface area contributed by atoms with Gasteiger partial charge < -0.3 is 16.0 Å². The Morgan fingerprint density at radius 3 is 2.71 bits per heavy atom. The molecule has 31 heavy (non-hydrogen) atoms. The predicted octanol–water partition coefficient (Wildman–Crippen LogP) is 1.76. The van der Waals surface area contributed by atoms with E-state index in [0.717, 1.165) is 10.1 Å². The van der Waals surface area contributed by atoms with Crippen molar-refractivity contribution in [2.45, 2.75) is 31.5 Å². The van der Waals surface area contributed by atoms with Crippen LogP contribution in [-0.4, -0.2) is 49.5 Å². The maximum atomic E-state index is 13.2. The fourth-order valence-electron chi connectivity index (χ4n) is 4.38. The van der Waals surface area contributed by atoms with Gasteiger partial charge in [-0.15, -0.1) is 0 Å². The van der Waals surface area contributed by atoms with Gasteiger partial charge in [-0.1, -0.05) is 24.3 Å². The number of para-hydroxylation sites is 1. The van der Waals surface area contributed by atoms with Crippen LogP contribution in [0.1, 0.15) is 23.3 Å². The lowest BCUT2D eigenvalue weighted by molar-refractivity contribution is -0.138. The SMILES string of the molecule is NC(=O)c1nn(CC(=O)N2[C@@H]3C[C@@H]3C[C@H]2C(=O)Nc2cccc(I)n2)c2ccccc12. The molecule has 1 saturated heterocycles. The average Bonchev–Trinajstić information content (AvgIpc) is 3.24. The van der Waals surface area contributed by atoms with Crippen LogP contribution >= 0.6 is 22.6 Å². The number of benzene rings is 1. The third kappa shape index (κ3) is 3.64. The molecule has 1 aliphatic heterocycles. The number of amides is 3. The van der Waals surface area contributed by atoms with E-state index in [1.54, 1.807) is 29.2 Å². The summed E-state index contributed by atoms with van der Waals surface area (Å²) < 4.78 is 2.26. The number of nitrogens with zero attached hydrogens (tertiary/aromatic N) is 4. The van der Waals surface area contributed by atoms with Crippen LogP contribution in [0.2, 0.25) is 0 Å². The van der Waals surface area contributed by atoms with Crippen molar-refractivity contribution in [2.75, 3.05) is 5.32 Å². The van der Waals surface area contributed by atoms with E-state index in [1.807, 2.05) is 18.2 Å². The van der Waals surface area contributed by atoms with Gasteiger partial charge in [-0.2, -0.15) is 5.10 Å². The quantitative estimate of drug-likeness (QED) is 0.385. The normalized spacial score (nSPS) is 21.7. The van der Waals surface area contributed by atoms with Crippen molar-refractivity contribution >= 4 is 57.0 Å². The fraction of sp³-hybridized carbons (Fsp3) is 0.286. The summed E-state index contributed by atoms with van der Waals surface area (Å²) in [4.78, 5) is 43.9. The molecule has 1 saturated carbocycles. The Morgan fingerprint density at radius 2 is 1.94 bits per heavy atom. The van der Waals surface area contributed by atoms with Crippen molar-refractivity contribution in [3.63, 3.8) is 0 Å². The lowest BCUT2D eigenvalue weighted by Gasteiger charge is -2.26. The molecule has 3 amide bonds. The van der Waals surface area contributed by atoms with Gasteiger partial charge in [0.1, 0.15) is 22.1 Å². The number of carbonyl (C=O) groups excluding carboxylic acids is 3. The molecule has 158 valence electrons. The molecule has 5 rings (SSSR count). The van der Waals surface area contributed by atoms with E-state index in [2.05, 4.69) is 38.0 Å². The van der Waals surface area contributed by atoms with E-state index in [1.165, 1.54) is 4.68 Å². The molecule has 1 aromatic carbocycles. The van der Waals surface area contributed by atoms with Crippen LogP contribution in [0.25, 0.3) is 10.9 Å². The number of pyridine rings is 1. The van der Waals surface area contributed by atoms with Crippen molar-refractivity contribution in [2.24, 2.45) is 11.7 Å². The molecule has 9 nitrogen and oxygen atoms in total. The number of halogens is 1. The van der Waals surface area contributed by atoms with E-state index in [0.29, 0.717) is 29.1 Å². The topological polar surface area (TPSA) is 123 Å². The Bertz CT molecular complexity index is 1220. The van der Waals surface area contributed by atoms with Gasteiger partial charge in [0.2, 0.25) is 11.8 Å². The second-order valence-electron chi connectivity index (χ2n) is 7.84. The first kappa shape index (κ1) is 19.9. The predicted molar refractivity (Wildman–Crippen MR) is 121 cm³/mol. The summed E-state index contributed by atoms with van der Waals surface area (Å²) in [5.74, 6) is -0.274. The van der Waals surface area contributed by atoms with Crippen molar-refractivity contribution in [3.05, 3.63) is 51.9 Å². The number of hydrogen-bond donors (Lipinski definition) is 2. The van der Waals surface area contributed by atoms with Gasteiger partial charge in [-0.25, -0.2) is 4.98 Å². The number of nitrogens with two attached hydrogens (primary N) is 1. The highest BCUT2D eigenvalue weighted by Gasteiger charge is 2.56. The van der Waals surface area contributed by atoms with E-state index in [4.69, 9.17) is 5.73 Å². The molecule has 2 aliphatic rings. The highest BCUT2D eigenvalue weighted by Crippen LogP contribution is 2.48. The molecule has 0 unspecified atom stereocenters. The van der Waals surface area contributed by atoms with Crippen LogP contribution in [-0.2, 0) is 16.1 Å². The van der Waals surface area contributed by atoms with Crippen LogP contribution < -0.4 is 11.1 Å². The molecule has 0 spiro atoms. The zero-order chi connectivity index (χ0) is 21.7. The fourth-order valence-corrected chi connectivity index (χ4v) is 4.84. The molecular weight excluding hydrogens is 511 g/mol. The van der Waals surface area contributed by atoms with Gasteiger partial charge >= 0.3 is 0 Å². The van der Waals surface area contributed by atoms with Gasteiger partial charge in [0.15, 0.2) is 5.69 Å². The lowest BCUT2D eigenvalue weighted by Crippen LogP contribution is -2.46. The minimum atomic E-state index is -0.645. The summed E-state index contributed by atoms with van der Waals surface area (Å²) >= 11 is 2.08. The minimum absolute atomic E-state index is 0.0672. The maximum Gasteiger partial charge on any atom is 0.269 e. The third-order valence-electron chi connectivity index (χ3n) is 5.84. The highest BCUT2D eigenvalue weighted by atomic mass is 127. The van der Waals surface area contributed by atoms with Crippen molar-refractivity contribution in [1.29, 1.82) is 0 Å². The van der Waals surface area contributed by atoms with Crippen molar-refractivity contribution in [1.82, 2.24) is 19.7 Å². The highest BCUT2D eigenvalue weighted by molar-refractivity contribution is 14.1. The number of rotatable bonds is 5. The number of primary amides is 1. The van der Waals surface area contributed by atoms with Crippen LogP contribution in [0.15, 0.2) is 42.5 Å². The van der Waals surface area contributed by atoms with E-state index in [-0.39, 0.29) is 30.1 Å². The first-order valence-electron chi connectivity index (χ1n) is 9.92. The van der Waals surface area contributed by atoms with Crippen LogP contribution in [0.3, 0.4) is 0 Å². The first-order chi connectivity index (χ1) is 14.9. The standard InChI is InChI=1S/C21H19IN6O3/c22-16-6-3-7-17(24-16)25-21(31)15-9-11-8-14(11)28(15)18(29)10-27-13-5-2-1-4-12(13)19(26-27)20(23)30/h1-7,11,14-15H,8-10H2,(H2,23,30)(H,24,25,31)/t11-,14-,15+/m1/s1. The van der Waals surface area contributed by atoms with Gasteiger partial charge in [-0.05, 0) is 59.5 Å². The first-order valence-corrected chi connectivity index (χ1v) is 11.0. The molecular formula is C21H19IN6O3. The molecule has 2 fully saturated rings. The molecule has 3 aromatic rings. The lowest BCUT2D eigenvalue weighted by atomic mass is 10.1. The molecule has 1 aliphatic carbocycles. The number of fused-ring (bicyclic) bond motifs is 2. The maximum absolute atomic E-state index is 13.2. The Morgan fingerprint density at radius 1 is 1.13 bits per heavy atom. The number of anilines is 1. The smallest absolute Gasteiger partial charge is 0.269 e. The number of aromatic nitrogens is 3. The zero-order valence-electron chi connectivity index (χ0n) is 16.4. The van der Waals surface area contributed by atoms with Gasteiger partial charge in [0, 0.05) is 11.4 Å². The van der Waals surface area contributed by atoms with Gasteiger partial charge in [0.05, 0.1) is 5.52 Å². The summed E-state index contributed by atoms with van der Waals surface area (Å²) in [5.41, 5.74) is 6.24. The molecule has 10 heteroatoms. The summed E-state index contributed by atoms with van der Waals surface area (Å²) in [6.45, 7) is -0.0672. The average molecular weight is 530 g/mol. The van der Waals surface area contributed by atoms with Gasteiger partial charge in [-0.3, -0.25) is 19.1 Å². The van der Waals surface area contributed by atoms with Gasteiger partial charge in [0.25, 0.3) is 5.91 Å². The largest absolute Gasteiger partial charge is 0.364 e. The molecule has 3 atom stereocenters. The number of hydrogen-bond acceptors (Lipinski definition) is 5. The molecule has 3 N–H and O–H groups in total. The number of carbonyl (C=O) groups is 3. The number of piperidine rings is 1. The Balaban J connectivity index is 1.38. The van der Waals surface area contributed by atoms with Crippen LogP contribution in [0, 0.1) is 9.62 Å². The Hall–Kier alpha value is -3.02. The monoisotopic (exact) mass is 530 g/mol. The summed E-state index contributed by atoms with van der Waals surface area (Å²) in [7, 11) is 0. The van der Waals surface area contributed by atoms with Crippen molar-refractivity contribution < 1.29 is 14.4 Å². The van der Waals surface area contributed by atoms with E-state index in [9.17, 15) is 14.4 Å². The molecule has 0 bridgehead atoms. The number of nitrogens with one attached hydrogen (secondary N) is 1. The zero-order valence-corrected chi connectivity index (χ0v) is 18.5. The molecule has 3 heterocycles. The Kier molecular flexibility index (Phi) is 4.88. The number of likely N-dealkylation sites (tertiary alicyclic amines) is 1. The van der Waals surface area contributed by atoms with Crippen LogP contribution in [0.4, 0.5) is 5.82 Å². The van der Waals surface area contributed by atoms with Crippen molar-refractivity contribution in [3.8, 4) is 0 Å². The van der Waals surface area contributed by atoms with Crippen LogP contribution in [0.5, 0.6) is 0 Å². The molecule has 0 radical (unpaired) electrons. The summed E-state index contributed by atoms with van der Waals surface area (Å²) in [6, 6.07) is 12.1. The van der Waals surface area contributed by atoms with E-state index < -0.39 is 11.9 Å².